The lowest BCUT2D eigenvalue weighted by Crippen LogP contribution is -2.65. The number of thioether (sulfide) groups is 1. The van der Waals surface area contributed by atoms with Crippen molar-refractivity contribution < 1.29 is 4.79 Å². The summed E-state index contributed by atoms with van der Waals surface area (Å²) < 4.78 is 0.763. The van der Waals surface area contributed by atoms with Gasteiger partial charge in [0, 0.05) is 25.2 Å². The van der Waals surface area contributed by atoms with Crippen LogP contribution in [0.3, 0.4) is 0 Å². The fourth-order valence-electron chi connectivity index (χ4n) is 3.34. The number of carbonyl (C=O) groups excluding carboxylic acids is 1. The van der Waals surface area contributed by atoms with Crippen LogP contribution < -0.4 is 5.73 Å². The van der Waals surface area contributed by atoms with Crippen molar-refractivity contribution in [1.82, 2.24) is 24.9 Å². The van der Waals surface area contributed by atoms with Crippen LogP contribution in [0, 0.1) is 0 Å². The van der Waals surface area contributed by atoms with Crippen molar-refractivity contribution in [1.29, 1.82) is 0 Å². The number of hydrogen-bond acceptors (Lipinski definition) is 8. The Labute approximate surface area is 145 Å². The molecule has 1 aromatic heterocycles. The molecule has 128 valence electrons. The Morgan fingerprint density at radius 2 is 2.00 bits per heavy atom. The van der Waals surface area contributed by atoms with E-state index in [1.165, 1.54) is 23.1 Å². The summed E-state index contributed by atoms with van der Waals surface area (Å²) in [6, 6.07) is 0. The number of carbonyl (C=O) groups is 1. The number of nitrogen functional groups attached to an aromatic ring is 1. The zero-order valence-electron chi connectivity index (χ0n) is 13.7. The number of amides is 1. The topological polar surface area (TPSA) is 78.6 Å². The first-order chi connectivity index (χ1) is 11.0. The molecule has 0 aliphatic carbocycles. The second-order valence-corrected chi connectivity index (χ2v) is 8.69. The van der Waals surface area contributed by atoms with Gasteiger partial charge in [-0.25, -0.2) is 0 Å². The molecule has 9 heteroatoms. The molecule has 2 aliphatic heterocycles. The monoisotopic (exact) mass is 356 g/mol. The molecule has 3 heterocycles. The summed E-state index contributed by atoms with van der Waals surface area (Å²) in [6.07, 6.45) is 2.26. The van der Waals surface area contributed by atoms with E-state index in [0.29, 0.717) is 10.9 Å². The number of anilines is 1. The quantitative estimate of drug-likeness (QED) is 0.788. The Hall–Kier alpha value is -0.900. The highest BCUT2D eigenvalue weighted by molar-refractivity contribution is 8.01. The molecule has 0 unspecified atom stereocenters. The predicted molar refractivity (Wildman–Crippen MR) is 93.7 cm³/mol. The van der Waals surface area contributed by atoms with Gasteiger partial charge in [-0.2, -0.15) is 0 Å². The van der Waals surface area contributed by atoms with E-state index in [2.05, 4.69) is 34.1 Å². The molecule has 3 rings (SSSR count). The molecule has 0 radical (unpaired) electrons. The van der Waals surface area contributed by atoms with E-state index in [9.17, 15) is 4.79 Å². The predicted octanol–water partition coefficient (Wildman–Crippen LogP) is 0.451. The van der Waals surface area contributed by atoms with Crippen LogP contribution >= 0.6 is 23.1 Å². The van der Waals surface area contributed by atoms with Crippen LogP contribution in [0.1, 0.15) is 12.8 Å². The third kappa shape index (κ3) is 3.78. The number of piperidine rings is 1. The van der Waals surface area contributed by atoms with Crippen LogP contribution in [0.5, 0.6) is 0 Å². The van der Waals surface area contributed by atoms with Gasteiger partial charge in [0.05, 0.1) is 5.75 Å². The number of nitrogens with two attached hydrogens (primary N) is 1. The molecule has 2 aliphatic rings. The van der Waals surface area contributed by atoms with E-state index < -0.39 is 0 Å². The Morgan fingerprint density at radius 1 is 1.26 bits per heavy atom. The number of likely N-dealkylation sites (tertiary alicyclic amines) is 1. The highest BCUT2D eigenvalue weighted by Gasteiger charge is 2.42. The molecular weight excluding hydrogens is 332 g/mol. The van der Waals surface area contributed by atoms with Gasteiger partial charge in [0.15, 0.2) is 4.34 Å². The second kappa shape index (κ2) is 6.92. The summed E-state index contributed by atoms with van der Waals surface area (Å²) in [6.45, 7) is 4.81. The fraction of sp³-hybridized carbons (Fsp3) is 0.786. The molecule has 0 bridgehead atoms. The molecule has 2 fully saturated rings. The lowest BCUT2D eigenvalue weighted by molar-refractivity contribution is -0.135. The van der Waals surface area contributed by atoms with Gasteiger partial charge in [0.25, 0.3) is 0 Å². The first-order valence-electron chi connectivity index (χ1n) is 7.88. The highest BCUT2D eigenvalue weighted by atomic mass is 32.2. The molecular formula is C14H24N6OS2. The molecule has 0 saturated carbocycles. The minimum absolute atomic E-state index is 0.151. The van der Waals surface area contributed by atoms with Crippen molar-refractivity contribution >= 4 is 34.1 Å². The molecule has 0 atom stereocenters. The summed E-state index contributed by atoms with van der Waals surface area (Å²) in [7, 11) is 4.37. The van der Waals surface area contributed by atoms with E-state index in [1.54, 1.807) is 0 Å². The van der Waals surface area contributed by atoms with E-state index in [1.807, 2.05) is 4.90 Å². The Bertz CT molecular complexity index is 557. The maximum atomic E-state index is 12.6. The lowest BCUT2D eigenvalue weighted by atomic mass is 9.84. The van der Waals surface area contributed by atoms with Crippen LogP contribution in [0.2, 0.25) is 0 Å². The van der Waals surface area contributed by atoms with Crippen LogP contribution in [-0.2, 0) is 4.79 Å². The lowest BCUT2D eigenvalue weighted by Gasteiger charge is -2.52. The van der Waals surface area contributed by atoms with E-state index in [4.69, 9.17) is 5.73 Å². The van der Waals surface area contributed by atoms with E-state index >= 15 is 0 Å². The van der Waals surface area contributed by atoms with Gasteiger partial charge in [-0.05, 0) is 40.0 Å². The maximum Gasteiger partial charge on any atom is 0.233 e. The molecule has 23 heavy (non-hydrogen) atoms. The molecule has 2 saturated heterocycles. The van der Waals surface area contributed by atoms with Crippen molar-refractivity contribution in [2.45, 2.75) is 22.7 Å². The average molecular weight is 357 g/mol. The van der Waals surface area contributed by atoms with Gasteiger partial charge < -0.3 is 15.5 Å². The summed E-state index contributed by atoms with van der Waals surface area (Å²) in [4.78, 5) is 19.4. The number of aromatic nitrogens is 2. The highest BCUT2D eigenvalue weighted by Crippen LogP contribution is 2.32. The largest absolute Gasteiger partial charge is 0.374 e. The number of hydrogen-bond donors (Lipinski definition) is 1. The summed E-state index contributed by atoms with van der Waals surface area (Å²) >= 11 is 2.76. The summed E-state index contributed by atoms with van der Waals surface area (Å²) in [5.74, 6) is 0.601. The third-order valence-corrected chi connectivity index (χ3v) is 6.88. The SMILES string of the molecule is CN1CCC2(CC1)CN(C(=O)CSc1nnc(N)s1)CCN2C. The van der Waals surface area contributed by atoms with Crippen molar-refractivity contribution in [3.05, 3.63) is 0 Å². The van der Waals surface area contributed by atoms with Crippen LogP contribution in [0.15, 0.2) is 4.34 Å². The smallest absolute Gasteiger partial charge is 0.233 e. The standard InChI is InChI=1S/C14H24N6OS2/c1-18-5-3-14(4-6-18)10-20(8-7-19(14)2)11(21)9-22-13-17-16-12(15)23-13/h3-10H2,1-2H3,(H2,15,16). The minimum atomic E-state index is 0.151. The summed E-state index contributed by atoms with van der Waals surface area (Å²) in [5, 5.41) is 8.19. The molecule has 7 nitrogen and oxygen atoms in total. The maximum absolute atomic E-state index is 12.6. The normalized spacial score (nSPS) is 22.6. The van der Waals surface area contributed by atoms with Crippen LogP contribution in [0.4, 0.5) is 5.13 Å². The van der Waals surface area contributed by atoms with Crippen LogP contribution in [0.25, 0.3) is 0 Å². The first-order valence-corrected chi connectivity index (χ1v) is 9.68. The van der Waals surface area contributed by atoms with Gasteiger partial charge in [-0.3, -0.25) is 9.69 Å². The van der Waals surface area contributed by atoms with E-state index in [-0.39, 0.29) is 11.4 Å². The van der Waals surface area contributed by atoms with Crippen molar-refractivity contribution in [3.63, 3.8) is 0 Å². The van der Waals surface area contributed by atoms with Crippen molar-refractivity contribution in [3.8, 4) is 0 Å². The number of rotatable bonds is 3. The minimum Gasteiger partial charge on any atom is -0.374 e. The zero-order chi connectivity index (χ0) is 16.4. The fourth-order valence-corrected chi connectivity index (χ4v) is 4.88. The zero-order valence-corrected chi connectivity index (χ0v) is 15.3. The number of nitrogens with zero attached hydrogens (tertiary/aromatic N) is 5. The van der Waals surface area contributed by atoms with E-state index in [0.717, 1.165) is 49.9 Å². The van der Waals surface area contributed by atoms with Gasteiger partial charge in [-0.15, -0.1) is 10.2 Å². The Morgan fingerprint density at radius 3 is 2.65 bits per heavy atom. The van der Waals surface area contributed by atoms with Crippen LogP contribution in [-0.4, -0.2) is 88.9 Å². The first kappa shape index (κ1) is 16.9. The number of likely N-dealkylation sites (N-methyl/N-ethyl adjacent to an activating group) is 1. The van der Waals surface area contributed by atoms with Gasteiger partial charge >= 0.3 is 0 Å². The molecule has 0 aromatic carbocycles. The van der Waals surface area contributed by atoms with Gasteiger partial charge in [0.1, 0.15) is 0 Å². The Balaban J connectivity index is 1.58. The molecule has 2 N–H and O–H groups in total. The van der Waals surface area contributed by atoms with Gasteiger partial charge in [0.2, 0.25) is 11.0 Å². The molecule has 1 aromatic rings. The van der Waals surface area contributed by atoms with Crippen molar-refractivity contribution in [2.24, 2.45) is 0 Å². The molecule has 1 amide bonds. The molecule has 1 spiro atoms. The Kier molecular flexibility index (Phi) is 5.10. The second-order valence-electron chi connectivity index (χ2n) is 6.46. The number of piperazine rings is 1. The average Bonchev–Trinajstić information content (AvgIpc) is 2.96. The third-order valence-electron chi connectivity index (χ3n) is 5.01. The summed E-state index contributed by atoms with van der Waals surface area (Å²) in [5.41, 5.74) is 5.73. The van der Waals surface area contributed by atoms with Crippen molar-refractivity contribution in [2.75, 3.05) is 58.3 Å². The van der Waals surface area contributed by atoms with Gasteiger partial charge in [-0.1, -0.05) is 23.1 Å².